The van der Waals surface area contributed by atoms with Gasteiger partial charge in [-0.25, -0.2) is 0 Å². The number of imide groups is 1. The second kappa shape index (κ2) is 9.28. The van der Waals surface area contributed by atoms with Crippen molar-refractivity contribution in [2.75, 3.05) is 40.3 Å². The first-order valence-electron chi connectivity index (χ1n) is 11.1. The van der Waals surface area contributed by atoms with Gasteiger partial charge in [-0.05, 0) is 51.6 Å². The van der Waals surface area contributed by atoms with E-state index >= 15 is 0 Å². The van der Waals surface area contributed by atoms with Crippen molar-refractivity contribution in [3.8, 4) is 0 Å². The van der Waals surface area contributed by atoms with E-state index in [9.17, 15) is 9.59 Å². The molecule has 1 aliphatic heterocycles. The first-order chi connectivity index (χ1) is 13.8. The first-order valence-corrected chi connectivity index (χ1v) is 11.1. The largest absolute Gasteiger partial charge is 0.357 e. The molecule has 7 heteroatoms. The van der Waals surface area contributed by atoms with Gasteiger partial charge in [-0.1, -0.05) is 26.0 Å². The molecule has 2 N–H and O–H groups in total. The van der Waals surface area contributed by atoms with Gasteiger partial charge in [0.1, 0.15) is 0 Å². The fourth-order valence-corrected chi connectivity index (χ4v) is 5.00. The van der Waals surface area contributed by atoms with Crippen molar-refractivity contribution >= 4 is 17.8 Å². The van der Waals surface area contributed by atoms with Gasteiger partial charge in [-0.2, -0.15) is 0 Å². The highest BCUT2D eigenvalue weighted by molar-refractivity contribution is 6.06. The number of nitrogens with zero attached hydrogens (tertiary/aromatic N) is 3. The number of amides is 2. The molecule has 1 heterocycles. The number of allylic oxidation sites excluding steroid dienone is 2. The summed E-state index contributed by atoms with van der Waals surface area (Å²) >= 11 is 0. The van der Waals surface area contributed by atoms with Gasteiger partial charge >= 0.3 is 0 Å². The fourth-order valence-electron chi connectivity index (χ4n) is 5.00. The Kier molecular flexibility index (Phi) is 6.98. The minimum Gasteiger partial charge on any atom is -0.357 e. The van der Waals surface area contributed by atoms with Crippen LogP contribution in [0, 0.1) is 29.6 Å². The van der Waals surface area contributed by atoms with Crippen molar-refractivity contribution in [2.24, 2.45) is 34.6 Å². The summed E-state index contributed by atoms with van der Waals surface area (Å²) in [6.45, 7) is 8.88. The molecular weight excluding hydrogens is 366 g/mol. The Morgan fingerprint density at radius 2 is 1.79 bits per heavy atom. The van der Waals surface area contributed by atoms with Gasteiger partial charge < -0.3 is 15.5 Å². The van der Waals surface area contributed by atoms with Gasteiger partial charge in [0.2, 0.25) is 11.8 Å². The minimum absolute atomic E-state index is 0.0187. The summed E-state index contributed by atoms with van der Waals surface area (Å²) in [5.74, 6) is 1.70. The average Bonchev–Trinajstić information content (AvgIpc) is 3.33. The van der Waals surface area contributed by atoms with Gasteiger partial charge in [-0.15, -0.1) is 0 Å². The van der Waals surface area contributed by atoms with E-state index in [2.05, 4.69) is 55.6 Å². The molecule has 1 saturated carbocycles. The number of hydrogen-bond acceptors (Lipinski definition) is 4. The van der Waals surface area contributed by atoms with Gasteiger partial charge in [-0.3, -0.25) is 19.5 Å². The molecule has 2 amide bonds. The fraction of sp³-hybridized carbons (Fsp3) is 0.773. The molecule has 1 saturated heterocycles. The van der Waals surface area contributed by atoms with E-state index in [1.165, 1.54) is 4.90 Å². The Balaban J connectivity index is 1.53. The smallest absolute Gasteiger partial charge is 0.233 e. The van der Waals surface area contributed by atoms with Crippen LogP contribution in [0.1, 0.15) is 33.6 Å². The summed E-state index contributed by atoms with van der Waals surface area (Å²) < 4.78 is 0. The minimum atomic E-state index is -0.115. The molecule has 0 aromatic rings. The molecule has 2 aliphatic carbocycles. The SMILES string of the molecule is CCNC(=NCC(CC(C)C)N(C)C)NCCN1C(=O)C2C3C=CC(C3)C2C1=O. The second-order valence-corrected chi connectivity index (χ2v) is 9.22. The summed E-state index contributed by atoms with van der Waals surface area (Å²) in [6.07, 6.45) is 6.32. The van der Waals surface area contributed by atoms with E-state index in [1.54, 1.807) is 0 Å². The molecular formula is C22H37N5O2. The molecule has 162 valence electrons. The maximum Gasteiger partial charge on any atom is 0.233 e. The highest BCUT2D eigenvalue weighted by Crippen LogP contribution is 2.52. The molecule has 29 heavy (non-hydrogen) atoms. The van der Waals surface area contributed by atoms with E-state index in [0.717, 1.165) is 25.3 Å². The predicted molar refractivity (Wildman–Crippen MR) is 115 cm³/mol. The van der Waals surface area contributed by atoms with Gasteiger partial charge in [0, 0.05) is 25.7 Å². The highest BCUT2D eigenvalue weighted by Gasteiger charge is 2.58. The van der Waals surface area contributed by atoms with Crippen LogP contribution in [0.15, 0.2) is 17.1 Å². The monoisotopic (exact) mass is 403 g/mol. The average molecular weight is 404 g/mol. The number of carbonyl (C=O) groups excluding carboxylic acids is 2. The third-order valence-electron chi connectivity index (χ3n) is 6.47. The molecule has 0 aromatic heterocycles. The third-order valence-corrected chi connectivity index (χ3v) is 6.47. The number of nitrogens with one attached hydrogen (secondary N) is 2. The predicted octanol–water partition coefficient (Wildman–Crippen LogP) is 1.32. The van der Waals surface area contributed by atoms with Crippen molar-refractivity contribution < 1.29 is 9.59 Å². The summed E-state index contributed by atoms with van der Waals surface area (Å²) in [7, 11) is 4.18. The van der Waals surface area contributed by atoms with Crippen LogP contribution in [0.5, 0.6) is 0 Å². The van der Waals surface area contributed by atoms with E-state index in [0.29, 0.717) is 31.6 Å². The topological polar surface area (TPSA) is 77.0 Å². The van der Waals surface area contributed by atoms with Crippen LogP contribution < -0.4 is 10.6 Å². The quantitative estimate of drug-likeness (QED) is 0.263. The maximum absolute atomic E-state index is 12.8. The van der Waals surface area contributed by atoms with Gasteiger partial charge in [0.15, 0.2) is 5.96 Å². The van der Waals surface area contributed by atoms with Crippen LogP contribution in [0.2, 0.25) is 0 Å². The van der Waals surface area contributed by atoms with E-state index in [1.807, 2.05) is 6.92 Å². The molecule has 0 radical (unpaired) electrons. The number of likely N-dealkylation sites (tertiary alicyclic amines) is 1. The summed E-state index contributed by atoms with van der Waals surface area (Å²) in [5, 5.41) is 6.56. The Hall–Kier alpha value is -1.89. The lowest BCUT2D eigenvalue weighted by Crippen LogP contribution is -2.44. The Morgan fingerprint density at radius 1 is 1.17 bits per heavy atom. The number of likely N-dealkylation sites (N-methyl/N-ethyl adjacent to an activating group) is 1. The van der Waals surface area contributed by atoms with E-state index in [-0.39, 0.29) is 35.5 Å². The maximum atomic E-state index is 12.8. The first kappa shape index (κ1) is 21.8. The lowest BCUT2D eigenvalue weighted by molar-refractivity contribution is -0.140. The Morgan fingerprint density at radius 3 is 2.31 bits per heavy atom. The van der Waals surface area contributed by atoms with E-state index < -0.39 is 0 Å². The standard InChI is InChI=1S/C22H37N5O2/c1-6-23-22(25-13-17(26(4)5)11-14(2)3)24-9-10-27-20(28)18-15-7-8-16(12-15)19(18)21(27)29/h7-8,14-19H,6,9-13H2,1-5H3,(H2,23,24,25). The molecule has 2 fully saturated rings. The zero-order valence-electron chi connectivity index (χ0n) is 18.5. The zero-order valence-corrected chi connectivity index (χ0v) is 18.5. The van der Waals surface area contributed by atoms with Crippen LogP contribution in [0.25, 0.3) is 0 Å². The summed E-state index contributed by atoms with van der Waals surface area (Å²) in [5.41, 5.74) is 0. The zero-order chi connectivity index (χ0) is 21.1. The second-order valence-electron chi connectivity index (χ2n) is 9.22. The van der Waals surface area contributed by atoms with Gasteiger partial charge in [0.25, 0.3) is 0 Å². The normalized spacial score (nSPS) is 29.3. The molecule has 0 aromatic carbocycles. The van der Waals surface area contributed by atoms with Crippen molar-refractivity contribution in [3.05, 3.63) is 12.2 Å². The number of carbonyl (C=O) groups is 2. The Bertz CT molecular complexity index is 642. The highest BCUT2D eigenvalue weighted by atomic mass is 16.2. The van der Waals surface area contributed by atoms with Crippen molar-refractivity contribution in [1.82, 2.24) is 20.4 Å². The van der Waals surface area contributed by atoms with Crippen LogP contribution in [-0.4, -0.2) is 73.9 Å². The summed E-state index contributed by atoms with van der Waals surface area (Å²) in [6, 6.07) is 0.384. The number of rotatable bonds is 9. The molecule has 7 nitrogen and oxygen atoms in total. The number of aliphatic imine (C=N–C) groups is 1. The van der Waals surface area contributed by atoms with E-state index in [4.69, 9.17) is 4.99 Å². The Labute approximate surface area is 175 Å². The number of guanidine groups is 1. The molecule has 2 bridgehead atoms. The van der Waals surface area contributed by atoms with Crippen molar-refractivity contribution in [2.45, 2.75) is 39.7 Å². The van der Waals surface area contributed by atoms with Crippen LogP contribution in [-0.2, 0) is 9.59 Å². The van der Waals surface area contributed by atoms with Crippen LogP contribution in [0.3, 0.4) is 0 Å². The molecule has 3 aliphatic rings. The molecule has 5 unspecified atom stereocenters. The number of fused-ring (bicyclic) bond motifs is 5. The number of hydrogen-bond donors (Lipinski definition) is 2. The lowest BCUT2D eigenvalue weighted by atomic mass is 9.85. The van der Waals surface area contributed by atoms with Gasteiger partial charge in [0.05, 0.1) is 18.4 Å². The molecule has 5 atom stereocenters. The lowest BCUT2D eigenvalue weighted by Gasteiger charge is -2.25. The van der Waals surface area contributed by atoms with Crippen LogP contribution in [0.4, 0.5) is 0 Å². The third kappa shape index (κ3) is 4.65. The van der Waals surface area contributed by atoms with Crippen molar-refractivity contribution in [1.29, 1.82) is 0 Å². The molecule has 0 spiro atoms. The molecule has 3 rings (SSSR count). The van der Waals surface area contributed by atoms with Crippen molar-refractivity contribution in [3.63, 3.8) is 0 Å². The summed E-state index contributed by atoms with van der Waals surface area (Å²) in [4.78, 5) is 34.0. The van der Waals surface area contributed by atoms with Crippen LogP contribution >= 0.6 is 0 Å².